The molecule has 2 amide bonds. The highest BCUT2D eigenvalue weighted by atomic mass is 16.2. The predicted octanol–water partition coefficient (Wildman–Crippen LogP) is 2.20. The molecule has 1 aromatic carbocycles. The number of likely N-dealkylation sites (tertiary alicyclic amines) is 2. The molecule has 6 nitrogen and oxygen atoms in total. The fraction of sp³-hybridized carbons (Fsp3) is 0.526. The summed E-state index contributed by atoms with van der Waals surface area (Å²) in [5.41, 5.74) is 2.10. The lowest BCUT2D eigenvalue weighted by atomic mass is 10.1. The van der Waals surface area contributed by atoms with Crippen molar-refractivity contribution < 1.29 is 9.59 Å². The SMILES string of the molecule is CCn1c([C@H]2CCCN2C(=O)[C@H]2CC(=O)N(C)C2)nc2ccccc21. The zero-order valence-corrected chi connectivity index (χ0v) is 14.8. The Balaban J connectivity index is 1.66. The average Bonchev–Trinajstić information content (AvgIpc) is 3.31. The van der Waals surface area contributed by atoms with Crippen LogP contribution in [-0.4, -0.2) is 51.3 Å². The number of rotatable bonds is 3. The number of para-hydroxylation sites is 2. The van der Waals surface area contributed by atoms with Gasteiger partial charge in [0.2, 0.25) is 11.8 Å². The second kappa shape index (κ2) is 6.17. The summed E-state index contributed by atoms with van der Waals surface area (Å²) in [7, 11) is 1.77. The van der Waals surface area contributed by atoms with Crippen molar-refractivity contribution in [1.29, 1.82) is 0 Å². The normalized spacial score (nSPS) is 23.8. The third-order valence-corrected chi connectivity index (χ3v) is 5.52. The van der Waals surface area contributed by atoms with Crippen LogP contribution in [-0.2, 0) is 16.1 Å². The van der Waals surface area contributed by atoms with Gasteiger partial charge in [-0.05, 0) is 31.9 Å². The van der Waals surface area contributed by atoms with Crippen LogP contribution in [0, 0.1) is 5.92 Å². The monoisotopic (exact) mass is 340 g/mol. The molecular formula is C19H24N4O2. The number of hydrogen-bond donors (Lipinski definition) is 0. The Hall–Kier alpha value is -2.37. The fourth-order valence-electron chi connectivity index (χ4n) is 4.24. The van der Waals surface area contributed by atoms with Crippen LogP contribution in [0.4, 0.5) is 0 Å². The Labute approximate surface area is 147 Å². The molecule has 0 radical (unpaired) electrons. The van der Waals surface area contributed by atoms with E-state index in [4.69, 9.17) is 4.98 Å². The van der Waals surface area contributed by atoms with E-state index >= 15 is 0 Å². The molecule has 0 unspecified atom stereocenters. The van der Waals surface area contributed by atoms with Gasteiger partial charge < -0.3 is 14.4 Å². The molecule has 1 aromatic heterocycles. The molecule has 2 aliphatic rings. The average molecular weight is 340 g/mol. The number of aryl methyl sites for hydroxylation is 1. The quantitative estimate of drug-likeness (QED) is 0.861. The van der Waals surface area contributed by atoms with Crippen LogP contribution in [0.3, 0.4) is 0 Å². The summed E-state index contributed by atoms with van der Waals surface area (Å²) in [6, 6.07) is 8.15. The highest BCUT2D eigenvalue weighted by Gasteiger charge is 2.40. The van der Waals surface area contributed by atoms with Crippen molar-refractivity contribution in [1.82, 2.24) is 19.4 Å². The number of imidazole rings is 1. The lowest BCUT2D eigenvalue weighted by molar-refractivity contribution is -0.136. The Kier molecular flexibility index (Phi) is 3.98. The highest BCUT2D eigenvalue weighted by Crippen LogP contribution is 2.35. The van der Waals surface area contributed by atoms with Gasteiger partial charge in [-0.25, -0.2) is 4.98 Å². The molecule has 0 spiro atoms. The maximum Gasteiger partial charge on any atom is 0.228 e. The van der Waals surface area contributed by atoms with Crippen LogP contribution in [0.2, 0.25) is 0 Å². The van der Waals surface area contributed by atoms with E-state index in [2.05, 4.69) is 17.6 Å². The van der Waals surface area contributed by atoms with Crippen LogP contribution in [0.15, 0.2) is 24.3 Å². The van der Waals surface area contributed by atoms with Gasteiger partial charge in [0.05, 0.1) is 23.0 Å². The molecule has 0 aliphatic carbocycles. The first kappa shape index (κ1) is 16.1. The molecule has 2 aliphatic heterocycles. The molecule has 2 saturated heterocycles. The molecule has 6 heteroatoms. The van der Waals surface area contributed by atoms with Crippen molar-refractivity contribution in [2.75, 3.05) is 20.1 Å². The molecule has 132 valence electrons. The topological polar surface area (TPSA) is 58.4 Å². The molecule has 2 aromatic rings. The number of fused-ring (bicyclic) bond motifs is 1. The summed E-state index contributed by atoms with van der Waals surface area (Å²) in [6.07, 6.45) is 2.26. The largest absolute Gasteiger partial charge is 0.345 e. The first-order chi connectivity index (χ1) is 12.1. The second-order valence-corrected chi connectivity index (χ2v) is 7.07. The Morgan fingerprint density at radius 3 is 2.84 bits per heavy atom. The molecule has 0 bridgehead atoms. The number of amides is 2. The van der Waals surface area contributed by atoms with E-state index in [9.17, 15) is 9.59 Å². The Morgan fingerprint density at radius 2 is 2.12 bits per heavy atom. The van der Waals surface area contributed by atoms with Crippen molar-refractivity contribution in [2.24, 2.45) is 5.92 Å². The van der Waals surface area contributed by atoms with Gasteiger partial charge in [-0.2, -0.15) is 0 Å². The minimum atomic E-state index is -0.211. The molecule has 0 saturated carbocycles. The third kappa shape index (κ3) is 2.60. The maximum atomic E-state index is 13.0. The number of carbonyl (C=O) groups excluding carboxylic acids is 2. The predicted molar refractivity (Wildman–Crippen MR) is 94.8 cm³/mol. The van der Waals surface area contributed by atoms with Crippen LogP contribution in [0.5, 0.6) is 0 Å². The molecule has 3 heterocycles. The lowest BCUT2D eigenvalue weighted by Crippen LogP contribution is -2.37. The van der Waals surface area contributed by atoms with Gasteiger partial charge in [0.15, 0.2) is 0 Å². The van der Waals surface area contributed by atoms with E-state index in [0.29, 0.717) is 13.0 Å². The smallest absolute Gasteiger partial charge is 0.228 e. The van der Waals surface area contributed by atoms with Crippen molar-refractivity contribution >= 4 is 22.8 Å². The Bertz CT molecular complexity index is 828. The summed E-state index contributed by atoms with van der Waals surface area (Å²) in [4.78, 5) is 33.3. The van der Waals surface area contributed by atoms with Crippen LogP contribution in [0.25, 0.3) is 11.0 Å². The summed E-state index contributed by atoms with van der Waals surface area (Å²) >= 11 is 0. The van der Waals surface area contributed by atoms with Crippen molar-refractivity contribution in [3.63, 3.8) is 0 Å². The van der Waals surface area contributed by atoms with Crippen molar-refractivity contribution in [3.8, 4) is 0 Å². The third-order valence-electron chi connectivity index (χ3n) is 5.52. The molecule has 25 heavy (non-hydrogen) atoms. The summed E-state index contributed by atoms with van der Waals surface area (Å²) < 4.78 is 2.22. The number of aromatic nitrogens is 2. The van der Waals surface area contributed by atoms with Gasteiger partial charge in [0.25, 0.3) is 0 Å². The number of nitrogens with zero attached hydrogens (tertiary/aromatic N) is 4. The van der Waals surface area contributed by atoms with Gasteiger partial charge in [-0.1, -0.05) is 12.1 Å². The minimum absolute atomic E-state index is 0.0147. The van der Waals surface area contributed by atoms with Crippen molar-refractivity contribution in [3.05, 3.63) is 30.1 Å². The van der Waals surface area contributed by atoms with Crippen LogP contribution >= 0.6 is 0 Å². The van der Waals surface area contributed by atoms with E-state index in [-0.39, 0.29) is 23.8 Å². The first-order valence-electron chi connectivity index (χ1n) is 9.09. The van der Waals surface area contributed by atoms with E-state index in [1.54, 1.807) is 11.9 Å². The highest BCUT2D eigenvalue weighted by molar-refractivity contribution is 5.89. The van der Waals surface area contributed by atoms with Gasteiger partial charge in [-0.3, -0.25) is 9.59 Å². The lowest BCUT2D eigenvalue weighted by Gasteiger charge is -2.27. The molecule has 0 N–H and O–H groups in total. The fourth-order valence-corrected chi connectivity index (χ4v) is 4.24. The van der Waals surface area contributed by atoms with E-state index in [0.717, 1.165) is 42.8 Å². The summed E-state index contributed by atoms with van der Waals surface area (Å²) in [5, 5.41) is 0. The summed E-state index contributed by atoms with van der Waals surface area (Å²) in [5.74, 6) is 0.939. The second-order valence-electron chi connectivity index (χ2n) is 7.07. The molecule has 4 rings (SSSR count). The Morgan fingerprint density at radius 1 is 1.32 bits per heavy atom. The number of hydrogen-bond acceptors (Lipinski definition) is 3. The van der Waals surface area contributed by atoms with Gasteiger partial charge >= 0.3 is 0 Å². The summed E-state index contributed by atoms with van der Waals surface area (Å²) in [6.45, 7) is 4.23. The minimum Gasteiger partial charge on any atom is -0.345 e. The molecule has 2 atom stereocenters. The van der Waals surface area contributed by atoms with Gasteiger partial charge in [0, 0.05) is 33.1 Å². The van der Waals surface area contributed by atoms with Crippen molar-refractivity contribution in [2.45, 2.75) is 38.8 Å². The van der Waals surface area contributed by atoms with Gasteiger partial charge in [-0.15, -0.1) is 0 Å². The van der Waals surface area contributed by atoms with Crippen LogP contribution in [0.1, 0.15) is 38.1 Å². The van der Waals surface area contributed by atoms with E-state index < -0.39 is 0 Å². The van der Waals surface area contributed by atoms with Crippen LogP contribution < -0.4 is 0 Å². The number of benzene rings is 1. The molecular weight excluding hydrogens is 316 g/mol. The number of carbonyl (C=O) groups is 2. The van der Waals surface area contributed by atoms with E-state index in [1.165, 1.54) is 0 Å². The first-order valence-corrected chi connectivity index (χ1v) is 9.09. The molecule has 2 fully saturated rings. The zero-order chi connectivity index (χ0) is 17.6. The zero-order valence-electron chi connectivity index (χ0n) is 14.8. The maximum absolute atomic E-state index is 13.0. The van der Waals surface area contributed by atoms with E-state index in [1.807, 2.05) is 23.1 Å². The standard InChI is InChI=1S/C19H24N4O2/c1-3-22-15-8-5-4-7-14(15)20-18(22)16-9-6-10-23(16)19(25)13-11-17(24)21(2)12-13/h4-5,7-8,13,16H,3,6,9-12H2,1-2H3/t13-,16+/m0/s1. The van der Waals surface area contributed by atoms with Gasteiger partial charge in [0.1, 0.15) is 5.82 Å².